The maximum Gasteiger partial charge on any atom is 0.354 e. The highest BCUT2D eigenvalue weighted by molar-refractivity contribution is 5.76. The zero-order valence-electron chi connectivity index (χ0n) is 18.4. The summed E-state index contributed by atoms with van der Waals surface area (Å²) in [7, 11) is 0. The number of H-pyrrole nitrogens is 1. The van der Waals surface area contributed by atoms with E-state index in [-0.39, 0.29) is 11.2 Å². The topological polar surface area (TPSA) is 125 Å². The maximum absolute atomic E-state index is 12.7. The van der Waals surface area contributed by atoms with Gasteiger partial charge in [0.1, 0.15) is 5.65 Å². The molecule has 168 valence electrons. The largest absolute Gasteiger partial charge is 0.374 e. The van der Waals surface area contributed by atoms with Crippen molar-refractivity contribution in [3.8, 4) is 5.69 Å². The molecule has 1 saturated carbocycles. The Morgan fingerprint density at radius 2 is 2.09 bits per heavy atom. The lowest BCUT2D eigenvalue weighted by Gasteiger charge is -2.31. The van der Waals surface area contributed by atoms with E-state index < -0.39 is 0 Å². The molecule has 8 heteroatoms. The molecule has 2 aliphatic rings. The van der Waals surface area contributed by atoms with Gasteiger partial charge in [-0.3, -0.25) is 9.98 Å². The van der Waals surface area contributed by atoms with E-state index in [9.17, 15) is 4.79 Å². The lowest BCUT2D eigenvalue weighted by molar-refractivity contribution is 0.312. The van der Waals surface area contributed by atoms with Crippen molar-refractivity contribution in [2.24, 2.45) is 5.73 Å². The Bertz CT molecular complexity index is 1190. The molecule has 0 unspecified atom stereocenters. The molecular weight excluding hydrogens is 402 g/mol. The summed E-state index contributed by atoms with van der Waals surface area (Å²) in [6, 6.07) is 11.0. The van der Waals surface area contributed by atoms with Gasteiger partial charge in [-0.2, -0.15) is 4.98 Å². The van der Waals surface area contributed by atoms with Gasteiger partial charge in [-0.05, 0) is 62.8 Å². The van der Waals surface area contributed by atoms with Gasteiger partial charge in [0, 0.05) is 35.9 Å². The van der Waals surface area contributed by atoms with Gasteiger partial charge < -0.3 is 21.4 Å². The molecule has 1 aliphatic heterocycles. The quantitative estimate of drug-likeness (QED) is 0.302. The molecule has 1 saturated heterocycles. The molecule has 6 N–H and O–H groups in total. The van der Waals surface area contributed by atoms with E-state index in [1.54, 1.807) is 11.5 Å². The fraction of sp³-hybridized carbons (Fsp3) is 0.458. The molecule has 2 aromatic heterocycles. The highest BCUT2D eigenvalue weighted by Crippen LogP contribution is 2.42. The van der Waals surface area contributed by atoms with Crippen LogP contribution in [-0.4, -0.2) is 33.0 Å². The summed E-state index contributed by atoms with van der Waals surface area (Å²) in [5.41, 5.74) is 9.31. The van der Waals surface area contributed by atoms with Crippen LogP contribution in [0, 0.1) is 5.41 Å². The zero-order chi connectivity index (χ0) is 22.3. The number of aromatic amines is 1. The summed E-state index contributed by atoms with van der Waals surface area (Å²) in [5.74, 6) is 0.516. The molecule has 0 radical (unpaired) electrons. The monoisotopic (exact) mass is 433 g/mol. The average Bonchev–Trinajstić information content (AvgIpc) is 3.39. The number of benzene rings is 1. The molecule has 2 fully saturated rings. The van der Waals surface area contributed by atoms with Crippen molar-refractivity contribution in [2.45, 2.75) is 63.1 Å². The first-order valence-corrected chi connectivity index (χ1v) is 11.5. The van der Waals surface area contributed by atoms with E-state index in [0.29, 0.717) is 23.6 Å². The second kappa shape index (κ2) is 8.18. The summed E-state index contributed by atoms with van der Waals surface area (Å²) in [6.07, 6.45) is 8.23. The first-order valence-electron chi connectivity index (χ1n) is 11.5. The minimum absolute atomic E-state index is 0.282. The zero-order valence-corrected chi connectivity index (χ0v) is 18.4. The summed E-state index contributed by atoms with van der Waals surface area (Å²) >= 11 is 0. The van der Waals surface area contributed by atoms with E-state index in [1.165, 1.54) is 12.0 Å². The normalized spacial score (nSPS) is 22.1. The van der Waals surface area contributed by atoms with E-state index >= 15 is 0 Å². The molecular formula is C24H31N7O. The van der Waals surface area contributed by atoms with Crippen LogP contribution >= 0.6 is 0 Å². The third-order valence-corrected chi connectivity index (χ3v) is 6.77. The number of hydrogen-bond acceptors (Lipinski definition) is 5. The molecule has 32 heavy (non-hydrogen) atoms. The van der Waals surface area contributed by atoms with Crippen LogP contribution in [0.3, 0.4) is 0 Å². The molecule has 2 atom stereocenters. The fourth-order valence-corrected chi connectivity index (χ4v) is 4.66. The van der Waals surface area contributed by atoms with Gasteiger partial charge >= 0.3 is 5.69 Å². The number of rotatable bonds is 6. The number of hydrogen-bond donors (Lipinski definition) is 5. The number of fused-ring (bicyclic) bond motifs is 1. The van der Waals surface area contributed by atoms with Crippen LogP contribution in [0.5, 0.6) is 0 Å². The Labute approximate surface area is 187 Å². The molecule has 0 amide bonds. The van der Waals surface area contributed by atoms with Crippen LogP contribution in [0.2, 0.25) is 0 Å². The number of aromatic nitrogens is 3. The summed E-state index contributed by atoms with van der Waals surface area (Å²) in [4.78, 5) is 20.1. The minimum atomic E-state index is -0.301. The van der Waals surface area contributed by atoms with E-state index in [1.807, 2.05) is 24.4 Å². The highest BCUT2D eigenvalue weighted by atomic mass is 16.1. The Morgan fingerprint density at radius 1 is 1.31 bits per heavy atom. The molecule has 0 bridgehead atoms. The van der Waals surface area contributed by atoms with Crippen LogP contribution in [0.4, 0.5) is 0 Å². The van der Waals surface area contributed by atoms with Gasteiger partial charge in [-0.15, -0.1) is 0 Å². The number of nitrogens with two attached hydrogens (primary N) is 1. The van der Waals surface area contributed by atoms with Crippen molar-refractivity contribution >= 4 is 16.9 Å². The Morgan fingerprint density at radius 3 is 2.81 bits per heavy atom. The van der Waals surface area contributed by atoms with Crippen molar-refractivity contribution in [2.75, 3.05) is 6.54 Å². The standard InChI is InChI=1S/C24H31N7O/c1-15(25)27-12-9-18-3-2-4-20(28-18)16-5-7-19(8-6-16)31-14-17-13-21(24(26)10-11-24)29-22(17)30-23(31)32/h5-8,13-14,18,20,28H,2-4,9-12,26H2,1H3,(H2,25,27)(H,29,30,32)/t18-,20-/m0/s1. The van der Waals surface area contributed by atoms with Crippen molar-refractivity contribution in [3.05, 3.63) is 58.3 Å². The molecule has 5 rings (SSSR count). The lowest BCUT2D eigenvalue weighted by Crippen LogP contribution is -2.39. The number of piperidine rings is 1. The summed E-state index contributed by atoms with van der Waals surface area (Å²) < 4.78 is 1.60. The van der Waals surface area contributed by atoms with Crippen LogP contribution in [0.25, 0.3) is 16.7 Å². The van der Waals surface area contributed by atoms with Crippen molar-refractivity contribution < 1.29 is 0 Å². The Balaban J connectivity index is 1.32. The van der Waals surface area contributed by atoms with Crippen LogP contribution in [0.1, 0.15) is 62.7 Å². The number of nitrogens with one attached hydrogen (secondary N) is 4. The van der Waals surface area contributed by atoms with Crippen LogP contribution in [-0.2, 0) is 5.54 Å². The molecule has 8 nitrogen and oxygen atoms in total. The first-order chi connectivity index (χ1) is 15.4. The predicted octanol–water partition coefficient (Wildman–Crippen LogP) is 2.82. The maximum atomic E-state index is 12.7. The third kappa shape index (κ3) is 4.20. The average molecular weight is 434 g/mol. The van der Waals surface area contributed by atoms with E-state index in [0.717, 1.165) is 55.4 Å². The fourth-order valence-electron chi connectivity index (χ4n) is 4.66. The van der Waals surface area contributed by atoms with Gasteiger partial charge in [0.2, 0.25) is 0 Å². The van der Waals surface area contributed by atoms with Crippen molar-refractivity contribution in [1.29, 1.82) is 5.41 Å². The molecule has 3 aromatic rings. The lowest BCUT2D eigenvalue weighted by atomic mass is 9.92. The molecule has 3 heterocycles. The highest BCUT2D eigenvalue weighted by Gasteiger charge is 2.41. The predicted molar refractivity (Wildman–Crippen MR) is 126 cm³/mol. The van der Waals surface area contributed by atoms with Gasteiger partial charge in [-0.1, -0.05) is 18.6 Å². The van der Waals surface area contributed by atoms with Crippen molar-refractivity contribution in [1.82, 2.24) is 25.2 Å². The second-order valence-corrected chi connectivity index (χ2v) is 9.32. The smallest absolute Gasteiger partial charge is 0.354 e. The molecule has 1 aromatic carbocycles. The van der Waals surface area contributed by atoms with Gasteiger partial charge in [-0.25, -0.2) is 4.79 Å². The number of nitrogens with zero attached hydrogens (tertiary/aromatic N) is 2. The molecule has 1 aliphatic carbocycles. The minimum Gasteiger partial charge on any atom is -0.374 e. The molecule has 0 spiro atoms. The number of amidine groups is 1. The first kappa shape index (κ1) is 20.9. The van der Waals surface area contributed by atoms with Gasteiger partial charge in [0.05, 0.1) is 17.1 Å². The SMILES string of the molecule is CC(=N)NCC[C@@H]1CCC[C@@H](c2ccc(-n3cc4cc(C5(N)CC5)[nH]c4nc3=O)cc2)N1. The van der Waals surface area contributed by atoms with Gasteiger partial charge in [0.25, 0.3) is 0 Å². The van der Waals surface area contributed by atoms with Crippen LogP contribution in [0.15, 0.2) is 41.3 Å². The summed E-state index contributed by atoms with van der Waals surface area (Å²) in [6.45, 7) is 2.59. The van der Waals surface area contributed by atoms with Crippen LogP contribution < -0.4 is 22.1 Å². The summed E-state index contributed by atoms with van der Waals surface area (Å²) in [5, 5.41) is 15.2. The van der Waals surface area contributed by atoms with Crippen molar-refractivity contribution in [3.63, 3.8) is 0 Å². The third-order valence-electron chi connectivity index (χ3n) is 6.77. The second-order valence-electron chi connectivity index (χ2n) is 9.32. The Kier molecular flexibility index (Phi) is 5.35. The van der Waals surface area contributed by atoms with E-state index in [4.69, 9.17) is 11.1 Å². The Hall–Kier alpha value is -2.97. The van der Waals surface area contributed by atoms with Gasteiger partial charge in [0.15, 0.2) is 0 Å². The van der Waals surface area contributed by atoms with E-state index in [2.05, 4.69) is 32.7 Å².